The number of nitrogens with one attached hydrogen (secondary N) is 1. The standard InChI is InChI=1S/C12H23NO2/c1-11(2)8-4-5-12(11,3)10(15)9(8)13-6-7-14/h8-10,13-15H,4-7H2,1-3H3/t8-,9+,10+,12-/m0/s1. The van der Waals surface area contributed by atoms with Gasteiger partial charge in [0.2, 0.25) is 0 Å². The highest BCUT2D eigenvalue weighted by molar-refractivity contribution is 5.16. The maximum atomic E-state index is 10.4. The van der Waals surface area contributed by atoms with E-state index in [1.54, 1.807) is 0 Å². The zero-order valence-electron chi connectivity index (χ0n) is 9.95. The maximum Gasteiger partial charge on any atom is 0.0754 e. The highest BCUT2D eigenvalue weighted by Gasteiger charge is 2.65. The molecule has 3 N–H and O–H groups in total. The molecule has 15 heavy (non-hydrogen) atoms. The summed E-state index contributed by atoms with van der Waals surface area (Å²) in [5.41, 5.74) is 0.254. The Balaban J connectivity index is 2.18. The van der Waals surface area contributed by atoms with E-state index in [1.807, 2.05) is 0 Å². The van der Waals surface area contributed by atoms with Crippen LogP contribution in [-0.4, -0.2) is 35.5 Å². The van der Waals surface area contributed by atoms with Crippen LogP contribution in [0.15, 0.2) is 0 Å². The van der Waals surface area contributed by atoms with Crippen molar-refractivity contribution in [2.24, 2.45) is 16.7 Å². The molecule has 0 aromatic rings. The lowest BCUT2D eigenvalue weighted by atomic mass is 9.70. The first-order valence-electron chi connectivity index (χ1n) is 5.97. The summed E-state index contributed by atoms with van der Waals surface area (Å²) in [6, 6.07) is 0.172. The largest absolute Gasteiger partial charge is 0.395 e. The maximum absolute atomic E-state index is 10.4. The summed E-state index contributed by atoms with van der Waals surface area (Å²) in [7, 11) is 0. The molecule has 2 rings (SSSR count). The van der Waals surface area contributed by atoms with Crippen molar-refractivity contribution in [3.63, 3.8) is 0 Å². The summed E-state index contributed by atoms with van der Waals surface area (Å²) in [6.07, 6.45) is 2.06. The molecule has 0 aromatic heterocycles. The van der Waals surface area contributed by atoms with Gasteiger partial charge in [0.25, 0.3) is 0 Å². The van der Waals surface area contributed by atoms with Gasteiger partial charge in [0.1, 0.15) is 0 Å². The first-order chi connectivity index (χ1) is 6.95. The Morgan fingerprint density at radius 2 is 2.00 bits per heavy atom. The highest BCUT2D eigenvalue weighted by atomic mass is 16.3. The van der Waals surface area contributed by atoms with E-state index in [9.17, 15) is 5.11 Å². The minimum atomic E-state index is -0.266. The minimum Gasteiger partial charge on any atom is -0.395 e. The van der Waals surface area contributed by atoms with Crippen LogP contribution in [0, 0.1) is 16.7 Å². The monoisotopic (exact) mass is 213 g/mol. The Morgan fingerprint density at radius 3 is 2.47 bits per heavy atom. The average molecular weight is 213 g/mol. The van der Waals surface area contributed by atoms with Crippen LogP contribution >= 0.6 is 0 Å². The van der Waals surface area contributed by atoms with Crippen molar-refractivity contribution < 1.29 is 10.2 Å². The van der Waals surface area contributed by atoms with E-state index in [1.165, 1.54) is 6.42 Å². The zero-order valence-corrected chi connectivity index (χ0v) is 9.95. The van der Waals surface area contributed by atoms with E-state index < -0.39 is 0 Å². The highest BCUT2D eigenvalue weighted by Crippen LogP contribution is 2.65. The third kappa shape index (κ3) is 1.30. The molecule has 0 radical (unpaired) electrons. The lowest BCUT2D eigenvalue weighted by molar-refractivity contribution is -0.000375. The minimum absolute atomic E-state index is 0.0464. The van der Waals surface area contributed by atoms with Gasteiger partial charge in [-0.15, -0.1) is 0 Å². The van der Waals surface area contributed by atoms with Crippen molar-refractivity contribution >= 4 is 0 Å². The number of aliphatic hydroxyl groups excluding tert-OH is 2. The van der Waals surface area contributed by atoms with E-state index in [0.29, 0.717) is 12.5 Å². The zero-order chi connectivity index (χ0) is 11.3. The fraction of sp³-hybridized carbons (Fsp3) is 1.00. The lowest BCUT2D eigenvalue weighted by Crippen LogP contribution is -2.47. The van der Waals surface area contributed by atoms with Crippen molar-refractivity contribution in [3.8, 4) is 0 Å². The molecule has 3 nitrogen and oxygen atoms in total. The van der Waals surface area contributed by atoms with E-state index >= 15 is 0 Å². The molecular weight excluding hydrogens is 190 g/mol. The molecule has 88 valence electrons. The SMILES string of the molecule is CC1(C)[C@H]2CC[C@@]1(C)[C@H](O)[C@@H]2NCCO. The van der Waals surface area contributed by atoms with Gasteiger partial charge >= 0.3 is 0 Å². The van der Waals surface area contributed by atoms with E-state index in [4.69, 9.17) is 5.11 Å². The summed E-state index contributed by atoms with van der Waals surface area (Å²) in [4.78, 5) is 0. The van der Waals surface area contributed by atoms with Crippen LogP contribution in [0.25, 0.3) is 0 Å². The second kappa shape index (κ2) is 3.44. The summed E-state index contributed by atoms with van der Waals surface area (Å²) < 4.78 is 0. The molecule has 4 atom stereocenters. The summed E-state index contributed by atoms with van der Waals surface area (Å²) >= 11 is 0. The molecule has 2 saturated carbocycles. The Labute approximate surface area is 91.9 Å². The third-order valence-electron chi connectivity index (χ3n) is 5.29. The lowest BCUT2D eigenvalue weighted by Gasteiger charge is -2.37. The number of hydrogen-bond acceptors (Lipinski definition) is 3. The van der Waals surface area contributed by atoms with Crippen molar-refractivity contribution in [2.75, 3.05) is 13.2 Å². The molecule has 3 heteroatoms. The summed E-state index contributed by atoms with van der Waals surface area (Å²) in [5, 5.41) is 22.5. The normalized spacial score (nSPS) is 47.4. The van der Waals surface area contributed by atoms with Crippen LogP contribution in [0.4, 0.5) is 0 Å². The summed E-state index contributed by atoms with van der Waals surface area (Å²) in [5.74, 6) is 0.545. The fourth-order valence-electron chi connectivity index (χ4n) is 3.82. The molecule has 0 saturated heterocycles. The van der Waals surface area contributed by atoms with Gasteiger partial charge in [-0.2, -0.15) is 0 Å². The number of fused-ring (bicyclic) bond motifs is 2. The van der Waals surface area contributed by atoms with Crippen LogP contribution in [0.3, 0.4) is 0 Å². The van der Waals surface area contributed by atoms with Crippen LogP contribution in [-0.2, 0) is 0 Å². The van der Waals surface area contributed by atoms with Gasteiger partial charge in [-0.3, -0.25) is 0 Å². The molecule has 0 aliphatic heterocycles. The topological polar surface area (TPSA) is 52.5 Å². The third-order valence-corrected chi connectivity index (χ3v) is 5.29. The predicted molar refractivity (Wildman–Crippen MR) is 59.5 cm³/mol. The van der Waals surface area contributed by atoms with Crippen LogP contribution in [0.5, 0.6) is 0 Å². The number of aliphatic hydroxyl groups is 2. The first kappa shape index (κ1) is 11.4. The van der Waals surface area contributed by atoms with Gasteiger partial charge in [-0.25, -0.2) is 0 Å². The van der Waals surface area contributed by atoms with Crippen molar-refractivity contribution in [1.29, 1.82) is 0 Å². The molecule has 0 heterocycles. The van der Waals surface area contributed by atoms with Crippen LogP contribution < -0.4 is 5.32 Å². The molecule has 2 aliphatic carbocycles. The Morgan fingerprint density at radius 1 is 1.33 bits per heavy atom. The molecular formula is C12H23NO2. The molecule has 0 spiro atoms. The van der Waals surface area contributed by atoms with Gasteiger partial charge in [0.15, 0.2) is 0 Å². The Bertz CT molecular complexity index is 254. The van der Waals surface area contributed by atoms with Gasteiger partial charge in [0.05, 0.1) is 12.7 Å². The van der Waals surface area contributed by atoms with Gasteiger partial charge in [0, 0.05) is 18.0 Å². The number of hydrogen-bond donors (Lipinski definition) is 3. The molecule has 2 bridgehead atoms. The number of rotatable bonds is 3. The Hall–Kier alpha value is -0.120. The second-order valence-electron chi connectivity index (χ2n) is 5.93. The van der Waals surface area contributed by atoms with Gasteiger partial charge < -0.3 is 15.5 Å². The fourth-order valence-corrected chi connectivity index (χ4v) is 3.82. The van der Waals surface area contributed by atoms with Gasteiger partial charge in [-0.05, 0) is 24.2 Å². The molecule has 2 aliphatic rings. The smallest absolute Gasteiger partial charge is 0.0754 e. The van der Waals surface area contributed by atoms with Crippen LogP contribution in [0.1, 0.15) is 33.6 Å². The quantitative estimate of drug-likeness (QED) is 0.648. The summed E-state index contributed by atoms with van der Waals surface area (Å²) in [6.45, 7) is 7.48. The van der Waals surface area contributed by atoms with Crippen molar-refractivity contribution in [3.05, 3.63) is 0 Å². The van der Waals surface area contributed by atoms with Crippen molar-refractivity contribution in [1.82, 2.24) is 5.32 Å². The van der Waals surface area contributed by atoms with Gasteiger partial charge in [-0.1, -0.05) is 20.8 Å². The second-order valence-corrected chi connectivity index (χ2v) is 5.93. The van der Waals surface area contributed by atoms with E-state index in [0.717, 1.165) is 6.42 Å². The molecule has 0 amide bonds. The molecule has 0 unspecified atom stereocenters. The van der Waals surface area contributed by atoms with E-state index in [-0.39, 0.29) is 29.6 Å². The molecule has 2 fully saturated rings. The van der Waals surface area contributed by atoms with Crippen LogP contribution in [0.2, 0.25) is 0 Å². The van der Waals surface area contributed by atoms with Crippen molar-refractivity contribution in [2.45, 2.75) is 45.8 Å². The average Bonchev–Trinajstić information content (AvgIpc) is 2.48. The molecule has 0 aromatic carbocycles. The van der Waals surface area contributed by atoms with E-state index in [2.05, 4.69) is 26.1 Å². The first-order valence-corrected chi connectivity index (χ1v) is 5.97. The predicted octanol–water partition coefficient (Wildman–Crippen LogP) is 0.754. The Kier molecular flexibility index (Phi) is 2.61.